The molecule has 2 aromatic carbocycles. The fourth-order valence-electron chi connectivity index (χ4n) is 2.35. The number of aromatic nitrogens is 3. The molecule has 13 heteroatoms. The van der Waals surface area contributed by atoms with Crippen molar-refractivity contribution in [3.8, 4) is 11.8 Å². The summed E-state index contributed by atoms with van der Waals surface area (Å²) in [5.74, 6) is -0.698. The molecule has 3 rings (SSSR count). The van der Waals surface area contributed by atoms with E-state index in [4.69, 9.17) is 0 Å². The Kier molecular flexibility index (Phi) is 6.85. The predicted molar refractivity (Wildman–Crippen MR) is 102 cm³/mol. The maximum Gasteiger partial charge on any atom is 0.573 e. The van der Waals surface area contributed by atoms with E-state index in [1.165, 1.54) is 12.1 Å². The molecule has 0 aliphatic rings. The van der Waals surface area contributed by atoms with Crippen LogP contribution in [0.15, 0.2) is 54.6 Å². The number of hydrogen-bond donors (Lipinski definition) is 2. The van der Waals surface area contributed by atoms with E-state index < -0.39 is 30.9 Å². The largest absolute Gasteiger partial charge is 0.573 e. The van der Waals surface area contributed by atoms with Gasteiger partial charge in [-0.05, 0) is 29.8 Å². The van der Waals surface area contributed by atoms with E-state index in [-0.39, 0.29) is 24.1 Å². The number of ether oxygens (including phenoxy) is 2. The van der Waals surface area contributed by atoms with Crippen molar-refractivity contribution in [2.45, 2.75) is 19.1 Å². The summed E-state index contributed by atoms with van der Waals surface area (Å²) in [7, 11) is 0. The number of halogens is 6. The average Bonchev–Trinajstić information content (AvgIpc) is 2.71. The topological polar surface area (TPSA) is 81.2 Å². The number of rotatable bonds is 8. The van der Waals surface area contributed by atoms with Crippen LogP contribution >= 0.6 is 0 Å². The van der Waals surface area contributed by atoms with E-state index in [1.807, 2.05) is 18.2 Å². The van der Waals surface area contributed by atoms with E-state index in [9.17, 15) is 26.3 Å². The van der Waals surface area contributed by atoms with Gasteiger partial charge in [-0.1, -0.05) is 30.3 Å². The Balaban J connectivity index is 1.76. The van der Waals surface area contributed by atoms with Gasteiger partial charge in [0, 0.05) is 12.2 Å². The van der Waals surface area contributed by atoms with Crippen molar-refractivity contribution in [1.29, 1.82) is 0 Å². The molecule has 0 spiro atoms. The van der Waals surface area contributed by atoms with Crippen LogP contribution in [0.5, 0.6) is 11.8 Å². The minimum absolute atomic E-state index is 0.0689. The van der Waals surface area contributed by atoms with Crippen molar-refractivity contribution >= 4 is 17.6 Å². The molecule has 7 nitrogen and oxygen atoms in total. The highest BCUT2D eigenvalue weighted by molar-refractivity contribution is 5.55. The van der Waals surface area contributed by atoms with Gasteiger partial charge in [-0.2, -0.15) is 28.1 Å². The molecule has 0 radical (unpaired) electrons. The molecule has 3 aromatic rings. The maximum atomic E-state index is 12.5. The van der Waals surface area contributed by atoms with E-state index in [2.05, 4.69) is 35.1 Å². The Morgan fingerprint density at radius 3 is 2.06 bits per heavy atom. The molecule has 0 atom stereocenters. The third-order valence-electron chi connectivity index (χ3n) is 3.62. The van der Waals surface area contributed by atoms with Crippen LogP contribution in [0, 0.1) is 0 Å². The standard InChI is InChI=1S/C19H15F6N5O2/c20-18(21,22)11-31-17-29-15(26-10-12-4-2-1-3-5-12)28-16(30-17)27-13-6-8-14(9-7-13)32-19(23,24)25/h1-9H,10-11H2,(H2,26,27,28,29,30). The summed E-state index contributed by atoms with van der Waals surface area (Å²) in [6, 6.07) is 13.1. The lowest BCUT2D eigenvalue weighted by Crippen LogP contribution is -2.21. The zero-order valence-electron chi connectivity index (χ0n) is 16.0. The molecular formula is C19H15F6N5O2. The zero-order valence-corrected chi connectivity index (χ0v) is 16.0. The summed E-state index contributed by atoms with van der Waals surface area (Å²) in [4.78, 5) is 11.6. The molecule has 0 saturated heterocycles. The highest BCUT2D eigenvalue weighted by Gasteiger charge is 2.31. The van der Waals surface area contributed by atoms with Crippen LogP contribution in [0.1, 0.15) is 5.56 Å². The zero-order chi connectivity index (χ0) is 23.2. The van der Waals surface area contributed by atoms with E-state index >= 15 is 0 Å². The number of nitrogens with one attached hydrogen (secondary N) is 2. The van der Waals surface area contributed by atoms with Crippen LogP contribution in [-0.4, -0.2) is 34.1 Å². The number of hydrogen-bond acceptors (Lipinski definition) is 7. The smallest absolute Gasteiger partial charge is 0.454 e. The average molecular weight is 459 g/mol. The second-order valence-corrected chi connectivity index (χ2v) is 6.21. The molecule has 1 aromatic heterocycles. The van der Waals surface area contributed by atoms with Gasteiger partial charge < -0.3 is 20.1 Å². The molecular weight excluding hydrogens is 444 g/mol. The van der Waals surface area contributed by atoms with Crippen molar-refractivity contribution in [2.75, 3.05) is 17.2 Å². The van der Waals surface area contributed by atoms with E-state index in [1.54, 1.807) is 12.1 Å². The summed E-state index contributed by atoms with van der Waals surface area (Å²) in [6.45, 7) is -1.34. The molecule has 32 heavy (non-hydrogen) atoms. The van der Waals surface area contributed by atoms with Gasteiger partial charge in [0.05, 0.1) is 0 Å². The first-order chi connectivity index (χ1) is 15.1. The first-order valence-corrected chi connectivity index (χ1v) is 8.92. The van der Waals surface area contributed by atoms with Gasteiger partial charge in [-0.3, -0.25) is 0 Å². The van der Waals surface area contributed by atoms with Crippen LogP contribution in [0.3, 0.4) is 0 Å². The third-order valence-corrected chi connectivity index (χ3v) is 3.62. The highest BCUT2D eigenvalue weighted by atomic mass is 19.4. The fourth-order valence-corrected chi connectivity index (χ4v) is 2.35. The number of anilines is 3. The number of nitrogens with zero attached hydrogens (tertiary/aromatic N) is 3. The van der Waals surface area contributed by atoms with Gasteiger partial charge in [0.25, 0.3) is 0 Å². The monoisotopic (exact) mass is 459 g/mol. The molecule has 0 fully saturated rings. The molecule has 0 saturated carbocycles. The van der Waals surface area contributed by atoms with Gasteiger partial charge in [-0.15, -0.1) is 13.2 Å². The molecule has 170 valence electrons. The summed E-state index contributed by atoms with van der Waals surface area (Å²) in [5.41, 5.74) is 1.11. The molecule has 2 N–H and O–H groups in total. The van der Waals surface area contributed by atoms with Crippen molar-refractivity contribution in [3.05, 3.63) is 60.2 Å². The minimum Gasteiger partial charge on any atom is -0.454 e. The van der Waals surface area contributed by atoms with Crippen LogP contribution < -0.4 is 20.1 Å². The van der Waals surface area contributed by atoms with Gasteiger partial charge >= 0.3 is 18.5 Å². The van der Waals surface area contributed by atoms with Crippen LogP contribution in [-0.2, 0) is 6.54 Å². The van der Waals surface area contributed by atoms with Crippen molar-refractivity contribution in [1.82, 2.24) is 15.0 Å². The Hall–Kier alpha value is -3.77. The summed E-state index contributed by atoms with van der Waals surface area (Å²) in [6.07, 6.45) is -9.45. The Bertz CT molecular complexity index is 1010. The lowest BCUT2D eigenvalue weighted by Gasteiger charge is -2.12. The fraction of sp³-hybridized carbons (Fsp3) is 0.211. The SMILES string of the molecule is FC(F)(F)COc1nc(NCc2ccccc2)nc(Nc2ccc(OC(F)(F)F)cc2)n1. The lowest BCUT2D eigenvalue weighted by atomic mass is 10.2. The molecule has 0 aliphatic heterocycles. The van der Waals surface area contributed by atoms with E-state index in [0.29, 0.717) is 0 Å². The maximum absolute atomic E-state index is 12.5. The highest BCUT2D eigenvalue weighted by Crippen LogP contribution is 2.25. The minimum atomic E-state index is -4.84. The summed E-state index contributed by atoms with van der Waals surface area (Å²) < 4.78 is 82.7. The van der Waals surface area contributed by atoms with Gasteiger partial charge in [0.15, 0.2) is 6.61 Å². The van der Waals surface area contributed by atoms with Crippen molar-refractivity contribution in [2.24, 2.45) is 0 Å². The predicted octanol–water partition coefficient (Wildman–Crippen LogP) is 5.07. The summed E-state index contributed by atoms with van der Waals surface area (Å²) >= 11 is 0. The lowest BCUT2D eigenvalue weighted by molar-refractivity contribution is -0.274. The normalized spacial score (nSPS) is 11.7. The Morgan fingerprint density at radius 1 is 0.781 bits per heavy atom. The molecule has 1 heterocycles. The second-order valence-electron chi connectivity index (χ2n) is 6.21. The van der Waals surface area contributed by atoms with Gasteiger partial charge in [0.2, 0.25) is 11.9 Å². The Labute approximate surface area is 177 Å². The van der Waals surface area contributed by atoms with Crippen LogP contribution in [0.2, 0.25) is 0 Å². The molecule has 0 unspecified atom stereocenters. The first kappa shape index (κ1) is 22.9. The van der Waals surface area contributed by atoms with Crippen molar-refractivity contribution < 1.29 is 35.8 Å². The van der Waals surface area contributed by atoms with E-state index in [0.717, 1.165) is 17.7 Å². The number of alkyl halides is 6. The number of benzene rings is 2. The van der Waals surface area contributed by atoms with Gasteiger partial charge in [0.1, 0.15) is 5.75 Å². The molecule has 0 aliphatic carbocycles. The quantitative estimate of drug-likeness (QED) is 0.456. The van der Waals surface area contributed by atoms with Crippen molar-refractivity contribution in [3.63, 3.8) is 0 Å². The molecule has 0 bridgehead atoms. The molecule has 0 amide bonds. The van der Waals surface area contributed by atoms with Crippen LogP contribution in [0.4, 0.5) is 43.9 Å². The Morgan fingerprint density at radius 2 is 1.44 bits per heavy atom. The summed E-state index contributed by atoms with van der Waals surface area (Å²) in [5, 5.41) is 5.52. The van der Waals surface area contributed by atoms with Crippen LogP contribution in [0.25, 0.3) is 0 Å². The first-order valence-electron chi connectivity index (χ1n) is 8.92. The third kappa shape index (κ3) is 7.81. The van der Waals surface area contributed by atoms with Gasteiger partial charge in [-0.25, -0.2) is 0 Å². The second kappa shape index (κ2) is 9.58.